The number of hydrogen-bond donors (Lipinski definition) is 1. The van der Waals surface area contributed by atoms with E-state index in [1.54, 1.807) is 24.3 Å². The highest BCUT2D eigenvalue weighted by molar-refractivity contribution is 7.89. The van der Waals surface area contributed by atoms with Crippen LogP contribution in [0.5, 0.6) is 0 Å². The molecule has 0 saturated carbocycles. The van der Waals surface area contributed by atoms with Crippen molar-refractivity contribution in [3.8, 4) is 0 Å². The lowest BCUT2D eigenvalue weighted by Crippen LogP contribution is -2.51. The predicted octanol–water partition coefficient (Wildman–Crippen LogP) is 3.04. The summed E-state index contributed by atoms with van der Waals surface area (Å²) in [4.78, 5) is 0.236. The molecule has 0 unspecified atom stereocenters. The van der Waals surface area contributed by atoms with Gasteiger partial charge in [0.25, 0.3) is 0 Å². The van der Waals surface area contributed by atoms with E-state index >= 15 is 0 Å². The van der Waals surface area contributed by atoms with Crippen LogP contribution in [0.15, 0.2) is 29.2 Å². The molecule has 1 heterocycles. The molecule has 2 atom stereocenters. The molecule has 1 N–H and O–H groups in total. The number of nitrogens with one attached hydrogen (secondary N) is 1. The Kier molecular flexibility index (Phi) is 6.69. The Balaban J connectivity index is 2.16. The van der Waals surface area contributed by atoms with Crippen molar-refractivity contribution in [2.24, 2.45) is 0 Å². The summed E-state index contributed by atoms with van der Waals surface area (Å²) in [5.41, 5.74) is 1.01. The lowest BCUT2D eigenvalue weighted by atomic mass is 10.2. The zero-order chi connectivity index (χ0) is 19.6. The van der Waals surface area contributed by atoms with Crippen LogP contribution in [0.4, 0.5) is 0 Å². The van der Waals surface area contributed by atoms with Crippen LogP contribution in [0.25, 0.3) is 0 Å². The minimum Gasteiger partial charge on any atom is -0.415 e. The van der Waals surface area contributed by atoms with E-state index in [1.807, 2.05) is 6.92 Å². The van der Waals surface area contributed by atoms with Gasteiger partial charge in [-0.1, -0.05) is 38.5 Å². The first-order valence-corrected chi connectivity index (χ1v) is 13.2. The van der Waals surface area contributed by atoms with Crippen molar-refractivity contribution in [1.29, 1.82) is 0 Å². The Hall–Kier alpha value is -0.773. The Morgan fingerprint density at radius 3 is 2.38 bits per heavy atom. The first-order valence-electron chi connectivity index (χ1n) is 8.85. The minimum absolute atomic E-state index is 0.0421. The van der Waals surface area contributed by atoms with E-state index in [9.17, 15) is 8.42 Å². The van der Waals surface area contributed by atoms with Crippen LogP contribution in [0.1, 0.15) is 26.3 Å². The Morgan fingerprint density at radius 1 is 1.27 bits per heavy atom. The van der Waals surface area contributed by atoms with Crippen LogP contribution >= 0.6 is 0 Å². The fourth-order valence-electron chi connectivity index (χ4n) is 2.30. The van der Waals surface area contributed by atoms with Gasteiger partial charge in [-0.2, -0.15) is 0 Å². The number of aryl methyl sites for hydroxylation is 1. The third-order valence-electron chi connectivity index (χ3n) is 5.16. The van der Waals surface area contributed by atoms with E-state index in [0.717, 1.165) is 5.56 Å². The van der Waals surface area contributed by atoms with Crippen molar-refractivity contribution >= 4 is 18.3 Å². The molecule has 148 valence electrons. The van der Waals surface area contributed by atoms with Crippen molar-refractivity contribution < 1.29 is 22.3 Å². The van der Waals surface area contributed by atoms with Gasteiger partial charge >= 0.3 is 0 Å². The van der Waals surface area contributed by atoms with Crippen LogP contribution < -0.4 is 4.72 Å². The maximum absolute atomic E-state index is 12.8. The fourth-order valence-corrected chi connectivity index (χ4v) is 4.57. The second-order valence-electron chi connectivity index (χ2n) is 8.31. The standard InChI is InChI=1S/C18H31NO5SSi/c1-14-7-9-15(10-8-14)25(20,21)19-16(17-12-22-13-23-17)11-24-26(5,6)18(2,3)4/h7-10,16-17,19H,11-13H2,1-6H3/t16-,17+/m0/s1. The van der Waals surface area contributed by atoms with Gasteiger partial charge in [0.05, 0.1) is 24.2 Å². The van der Waals surface area contributed by atoms with Gasteiger partial charge in [-0.05, 0) is 37.2 Å². The van der Waals surface area contributed by atoms with Crippen molar-refractivity contribution in [2.75, 3.05) is 20.0 Å². The van der Waals surface area contributed by atoms with Crippen LogP contribution in [-0.4, -0.2) is 48.9 Å². The molecule has 0 aromatic heterocycles. The molecule has 0 amide bonds. The van der Waals surface area contributed by atoms with E-state index < -0.39 is 24.4 Å². The molecule has 0 radical (unpaired) electrons. The highest BCUT2D eigenvalue weighted by Gasteiger charge is 2.39. The number of rotatable bonds is 7. The zero-order valence-electron chi connectivity index (χ0n) is 16.5. The second kappa shape index (κ2) is 8.08. The third kappa shape index (κ3) is 5.37. The van der Waals surface area contributed by atoms with Gasteiger partial charge < -0.3 is 13.9 Å². The van der Waals surface area contributed by atoms with Gasteiger partial charge in [0.15, 0.2) is 8.32 Å². The fraction of sp³-hybridized carbons (Fsp3) is 0.667. The third-order valence-corrected chi connectivity index (χ3v) is 11.2. The van der Waals surface area contributed by atoms with Crippen LogP contribution in [0.2, 0.25) is 18.1 Å². The summed E-state index contributed by atoms with van der Waals surface area (Å²) in [6.45, 7) is 13.4. The lowest BCUT2D eigenvalue weighted by Gasteiger charge is -2.37. The first-order chi connectivity index (χ1) is 11.9. The van der Waals surface area contributed by atoms with E-state index in [1.165, 1.54) is 0 Å². The van der Waals surface area contributed by atoms with Crippen LogP contribution in [0, 0.1) is 6.92 Å². The Labute approximate surface area is 158 Å². The van der Waals surface area contributed by atoms with Crippen LogP contribution in [0.3, 0.4) is 0 Å². The maximum Gasteiger partial charge on any atom is 0.240 e. The predicted molar refractivity (Wildman–Crippen MR) is 104 cm³/mol. The van der Waals surface area contributed by atoms with Gasteiger partial charge in [0, 0.05) is 0 Å². The summed E-state index contributed by atoms with van der Waals surface area (Å²) in [5, 5.41) is 0.0421. The highest BCUT2D eigenvalue weighted by Crippen LogP contribution is 2.36. The number of hydrogen-bond acceptors (Lipinski definition) is 5. The molecule has 8 heteroatoms. The number of ether oxygens (including phenoxy) is 2. The largest absolute Gasteiger partial charge is 0.415 e. The zero-order valence-corrected chi connectivity index (χ0v) is 18.4. The van der Waals surface area contributed by atoms with E-state index in [-0.39, 0.29) is 29.4 Å². The maximum atomic E-state index is 12.8. The van der Waals surface area contributed by atoms with Crippen molar-refractivity contribution in [3.05, 3.63) is 29.8 Å². The minimum atomic E-state index is -3.67. The molecule has 1 aliphatic rings. The van der Waals surface area contributed by atoms with Gasteiger partial charge in [0.2, 0.25) is 10.0 Å². The second-order valence-corrected chi connectivity index (χ2v) is 14.8. The summed E-state index contributed by atoms with van der Waals surface area (Å²) in [7, 11) is -5.68. The van der Waals surface area contributed by atoms with Crippen molar-refractivity contribution in [3.63, 3.8) is 0 Å². The average Bonchev–Trinajstić information content (AvgIpc) is 3.05. The summed E-state index contributed by atoms with van der Waals surface area (Å²) in [6.07, 6.45) is -0.361. The molecule has 6 nitrogen and oxygen atoms in total. The summed E-state index contributed by atoms with van der Waals surface area (Å²) < 4.78 is 45.4. The molecular formula is C18H31NO5SSi. The van der Waals surface area contributed by atoms with E-state index in [4.69, 9.17) is 13.9 Å². The Morgan fingerprint density at radius 2 is 1.88 bits per heavy atom. The SMILES string of the molecule is Cc1ccc(S(=O)(=O)N[C@@H](CO[Si](C)(C)C(C)(C)C)[C@H]2COCO2)cc1. The number of sulfonamides is 1. The monoisotopic (exact) mass is 401 g/mol. The molecule has 1 aliphatic heterocycles. The molecule has 1 fully saturated rings. The summed E-state index contributed by atoms with van der Waals surface area (Å²) >= 11 is 0. The molecule has 1 aromatic rings. The normalized spacial score (nSPS) is 20.3. The molecule has 1 aromatic carbocycles. The molecule has 0 bridgehead atoms. The molecule has 0 spiro atoms. The quantitative estimate of drug-likeness (QED) is 0.711. The van der Waals surface area contributed by atoms with Crippen molar-refractivity contribution in [1.82, 2.24) is 4.72 Å². The lowest BCUT2D eigenvalue weighted by molar-refractivity contribution is 0.0310. The van der Waals surface area contributed by atoms with Gasteiger partial charge in [-0.25, -0.2) is 13.1 Å². The Bertz CT molecular complexity index is 691. The molecule has 0 aliphatic carbocycles. The molecular weight excluding hydrogens is 370 g/mol. The van der Waals surface area contributed by atoms with E-state index in [0.29, 0.717) is 6.61 Å². The van der Waals surface area contributed by atoms with Crippen molar-refractivity contribution in [2.45, 2.75) is 62.9 Å². The molecule has 1 saturated heterocycles. The molecule has 2 rings (SSSR count). The van der Waals surface area contributed by atoms with Gasteiger partial charge in [-0.3, -0.25) is 0 Å². The topological polar surface area (TPSA) is 73.9 Å². The smallest absolute Gasteiger partial charge is 0.240 e. The van der Waals surface area contributed by atoms with Gasteiger partial charge in [0.1, 0.15) is 12.9 Å². The summed E-state index contributed by atoms with van der Waals surface area (Å²) in [5.74, 6) is 0. The first kappa shape index (κ1) is 21.5. The average molecular weight is 402 g/mol. The molecule has 26 heavy (non-hydrogen) atoms. The summed E-state index contributed by atoms with van der Waals surface area (Å²) in [6, 6.07) is 6.28. The van der Waals surface area contributed by atoms with Crippen LogP contribution in [-0.2, 0) is 23.9 Å². The number of benzene rings is 1. The van der Waals surface area contributed by atoms with Gasteiger partial charge in [-0.15, -0.1) is 0 Å². The van der Waals surface area contributed by atoms with E-state index in [2.05, 4.69) is 38.6 Å². The highest BCUT2D eigenvalue weighted by atomic mass is 32.2.